The number of rotatable bonds is 6. The zero-order valence-electron chi connectivity index (χ0n) is 18.1. The number of hydrogen-bond donors (Lipinski definition) is 1. The Kier molecular flexibility index (Phi) is 6.34. The lowest BCUT2D eigenvalue weighted by molar-refractivity contribution is -0.383. The highest BCUT2D eigenvalue weighted by Crippen LogP contribution is 2.33. The molecule has 0 spiro atoms. The molecular formula is C23H23N5O5. The molecule has 10 heteroatoms. The molecule has 0 saturated carbocycles. The molecule has 170 valence electrons. The summed E-state index contributed by atoms with van der Waals surface area (Å²) >= 11 is 0. The lowest BCUT2D eigenvalue weighted by atomic mass is 10.1. The molecule has 10 nitrogen and oxygen atoms in total. The van der Waals surface area contributed by atoms with Gasteiger partial charge < -0.3 is 19.9 Å². The summed E-state index contributed by atoms with van der Waals surface area (Å²) in [5.74, 6) is -0.0948. The number of ether oxygens (including phenoxy) is 1. The van der Waals surface area contributed by atoms with Gasteiger partial charge in [-0.15, -0.1) is 0 Å². The Morgan fingerprint density at radius 1 is 1.09 bits per heavy atom. The van der Waals surface area contributed by atoms with Crippen LogP contribution in [0.25, 0.3) is 10.8 Å². The molecule has 1 saturated heterocycles. The molecule has 0 unspecified atom stereocenters. The molecule has 1 aliphatic heterocycles. The zero-order chi connectivity index (χ0) is 23.4. The maximum absolute atomic E-state index is 12.6. The largest absolute Gasteiger partial charge is 0.496 e. The van der Waals surface area contributed by atoms with Crippen LogP contribution in [0.4, 0.5) is 11.4 Å². The Morgan fingerprint density at radius 3 is 2.58 bits per heavy atom. The van der Waals surface area contributed by atoms with Crippen LogP contribution >= 0.6 is 0 Å². The standard InChI is InChI=1S/C23H23N5O5/c1-33-21-5-3-2-4-17(21)23(30)25-15-22(29)27-12-10-26(11-13-27)19-6-7-20(28(31)32)18-14-24-9-8-16(18)19/h2-9,14H,10-13,15H2,1H3,(H,25,30). The molecule has 0 aliphatic carbocycles. The fraction of sp³-hybridized carbons (Fsp3) is 0.261. The second-order valence-corrected chi connectivity index (χ2v) is 7.53. The number of fused-ring (bicyclic) bond motifs is 1. The molecule has 2 heterocycles. The topological polar surface area (TPSA) is 118 Å². The van der Waals surface area contributed by atoms with E-state index in [1.54, 1.807) is 47.5 Å². The van der Waals surface area contributed by atoms with E-state index >= 15 is 0 Å². The first-order chi connectivity index (χ1) is 16.0. The third kappa shape index (κ3) is 4.54. The number of non-ortho nitro benzene ring substituents is 1. The van der Waals surface area contributed by atoms with Gasteiger partial charge in [0.25, 0.3) is 11.6 Å². The Labute approximate surface area is 189 Å². The van der Waals surface area contributed by atoms with Crippen molar-refractivity contribution in [3.8, 4) is 5.75 Å². The van der Waals surface area contributed by atoms with Crippen LogP contribution in [0.5, 0.6) is 5.75 Å². The normalized spacial score (nSPS) is 13.6. The van der Waals surface area contributed by atoms with Gasteiger partial charge in [0.05, 0.1) is 29.5 Å². The van der Waals surface area contributed by atoms with Gasteiger partial charge in [0, 0.05) is 55.7 Å². The lowest BCUT2D eigenvalue weighted by Crippen LogP contribution is -2.51. The minimum atomic E-state index is -0.413. The van der Waals surface area contributed by atoms with Crippen molar-refractivity contribution in [1.29, 1.82) is 0 Å². The molecule has 33 heavy (non-hydrogen) atoms. The van der Waals surface area contributed by atoms with Crippen molar-refractivity contribution < 1.29 is 19.2 Å². The number of nitro groups is 1. The number of amides is 2. The van der Waals surface area contributed by atoms with Crippen LogP contribution < -0.4 is 15.0 Å². The van der Waals surface area contributed by atoms with Crippen LogP contribution in [-0.2, 0) is 4.79 Å². The first-order valence-corrected chi connectivity index (χ1v) is 10.4. The minimum absolute atomic E-state index is 0.0152. The van der Waals surface area contributed by atoms with Gasteiger partial charge in [0.2, 0.25) is 5.91 Å². The van der Waals surface area contributed by atoms with E-state index in [0.717, 1.165) is 11.1 Å². The number of anilines is 1. The number of methoxy groups -OCH3 is 1. The minimum Gasteiger partial charge on any atom is -0.496 e. The molecule has 2 aromatic carbocycles. The molecular weight excluding hydrogens is 426 g/mol. The van der Waals surface area contributed by atoms with Crippen molar-refractivity contribution in [3.63, 3.8) is 0 Å². The second-order valence-electron chi connectivity index (χ2n) is 7.53. The van der Waals surface area contributed by atoms with Crippen LogP contribution in [0.1, 0.15) is 10.4 Å². The summed E-state index contributed by atoms with van der Waals surface area (Å²) in [5.41, 5.74) is 1.26. The maximum atomic E-state index is 12.6. The fourth-order valence-corrected chi connectivity index (χ4v) is 3.99. The Balaban J connectivity index is 1.38. The Morgan fingerprint density at radius 2 is 1.85 bits per heavy atom. The Bertz CT molecular complexity index is 1210. The van der Waals surface area contributed by atoms with Crippen molar-refractivity contribution >= 4 is 34.0 Å². The summed E-state index contributed by atoms with van der Waals surface area (Å²) in [6.07, 6.45) is 3.11. The summed E-state index contributed by atoms with van der Waals surface area (Å²) in [4.78, 5) is 43.8. The van der Waals surface area contributed by atoms with Crippen molar-refractivity contribution in [2.75, 3.05) is 44.7 Å². The van der Waals surface area contributed by atoms with Crippen LogP contribution in [0.3, 0.4) is 0 Å². The number of benzene rings is 2. The number of nitrogens with one attached hydrogen (secondary N) is 1. The number of carbonyl (C=O) groups is 2. The van der Waals surface area contributed by atoms with Crippen LogP contribution in [0, 0.1) is 10.1 Å². The summed E-state index contributed by atoms with van der Waals surface area (Å²) in [6, 6.07) is 11.8. The molecule has 1 aromatic heterocycles. The van der Waals surface area contributed by atoms with Crippen LogP contribution in [-0.4, -0.2) is 66.5 Å². The highest BCUT2D eigenvalue weighted by Gasteiger charge is 2.24. The molecule has 0 radical (unpaired) electrons. The van der Waals surface area contributed by atoms with Gasteiger partial charge in [-0.2, -0.15) is 0 Å². The van der Waals surface area contributed by atoms with Crippen molar-refractivity contribution in [3.05, 3.63) is 70.5 Å². The highest BCUT2D eigenvalue weighted by atomic mass is 16.6. The summed E-state index contributed by atoms with van der Waals surface area (Å²) in [6.45, 7) is 1.99. The van der Waals surface area contributed by atoms with E-state index in [1.165, 1.54) is 19.4 Å². The van der Waals surface area contributed by atoms with E-state index in [2.05, 4.69) is 15.2 Å². The number of piperazine rings is 1. The summed E-state index contributed by atoms with van der Waals surface area (Å²) in [5, 5.41) is 15.2. The van der Waals surface area contributed by atoms with Gasteiger partial charge in [-0.1, -0.05) is 12.1 Å². The van der Waals surface area contributed by atoms with Gasteiger partial charge >= 0.3 is 0 Å². The van der Waals surface area contributed by atoms with Gasteiger partial charge in [-0.25, -0.2) is 0 Å². The smallest absolute Gasteiger partial charge is 0.278 e. The number of nitrogens with zero attached hydrogens (tertiary/aromatic N) is 4. The van der Waals surface area contributed by atoms with Gasteiger partial charge in [-0.05, 0) is 24.3 Å². The number of para-hydroxylation sites is 1. The molecule has 0 bridgehead atoms. The average molecular weight is 449 g/mol. The third-order valence-electron chi connectivity index (χ3n) is 5.69. The monoisotopic (exact) mass is 449 g/mol. The molecule has 3 aromatic rings. The van der Waals surface area contributed by atoms with E-state index < -0.39 is 4.92 Å². The molecule has 1 N–H and O–H groups in total. The quantitative estimate of drug-likeness (QED) is 0.453. The van der Waals surface area contributed by atoms with E-state index in [1.807, 2.05) is 0 Å². The SMILES string of the molecule is COc1ccccc1C(=O)NCC(=O)N1CCN(c2ccc([N+](=O)[O-])c3cnccc23)CC1. The number of aromatic nitrogens is 1. The van der Waals surface area contributed by atoms with E-state index in [-0.39, 0.29) is 24.0 Å². The maximum Gasteiger partial charge on any atom is 0.278 e. The molecule has 1 fully saturated rings. The molecule has 4 rings (SSSR count). The van der Waals surface area contributed by atoms with Crippen molar-refractivity contribution in [1.82, 2.24) is 15.2 Å². The number of pyridine rings is 1. The highest BCUT2D eigenvalue weighted by molar-refractivity contribution is 6.00. The first kappa shape index (κ1) is 22.0. The van der Waals surface area contributed by atoms with E-state index in [4.69, 9.17) is 4.74 Å². The first-order valence-electron chi connectivity index (χ1n) is 10.4. The number of hydrogen-bond acceptors (Lipinski definition) is 7. The average Bonchev–Trinajstić information content (AvgIpc) is 2.86. The van der Waals surface area contributed by atoms with Gasteiger partial charge in [0.15, 0.2) is 0 Å². The van der Waals surface area contributed by atoms with Crippen molar-refractivity contribution in [2.45, 2.75) is 0 Å². The molecule has 1 aliphatic rings. The van der Waals surface area contributed by atoms with Gasteiger partial charge in [0.1, 0.15) is 5.75 Å². The van der Waals surface area contributed by atoms with E-state index in [9.17, 15) is 19.7 Å². The summed E-state index contributed by atoms with van der Waals surface area (Å²) in [7, 11) is 1.49. The Hall–Kier alpha value is -4.21. The van der Waals surface area contributed by atoms with E-state index in [0.29, 0.717) is 42.9 Å². The zero-order valence-corrected chi connectivity index (χ0v) is 18.1. The van der Waals surface area contributed by atoms with Crippen LogP contribution in [0.2, 0.25) is 0 Å². The van der Waals surface area contributed by atoms with Gasteiger partial charge in [-0.3, -0.25) is 24.7 Å². The van der Waals surface area contributed by atoms with Crippen molar-refractivity contribution in [2.24, 2.45) is 0 Å². The summed E-state index contributed by atoms with van der Waals surface area (Å²) < 4.78 is 5.19. The second kappa shape index (κ2) is 9.51. The fourth-order valence-electron chi connectivity index (χ4n) is 3.99. The molecule has 0 atom stereocenters. The number of nitro benzene ring substituents is 1. The van der Waals surface area contributed by atoms with Crippen LogP contribution in [0.15, 0.2) is 54.9 Å². The predicted molar refractivity (Wildman–Crippen MR) is 123 cm³/mol. The third-order valence-corrected chi connectivity index (χ3v) is 5.69. The number of carbonyl (C=O) groups excluding carboxylic acids is 2. The molecule has 2 amide bonds. The lowest BCUT2D eigenvalue weighted by Gasteiger charge is -2.36. The predicted octanol–water partition coefficient (Wildman–Crippen LogP) is 2.23.